The predicted octanol–water partition coefficient (Wildman–Crippen LogP) is 8.96. The van der Waals surface area contributed by atoms with Crippen LogP contribution in [0.15, 0.2) is 111 Å². The first-order valence-electron chi connectivity index (χ1n) is 23.9. The highest BCUT2D eigenvalue weighted by atomic mass is 16.6. The minimum Gasteiger partial charge on any atom is -0.483 e. The molecule has 2 bridgehead atoms. The molecule has 0 spiro atoms. The number of aryl methyl sites for hydroxylation is 2. The van der Waals surface area contributed by atoms with Gasteiger partial charge in [-0.05, 0) is 129 Å². The molecule has 0 amide bonds. The Kier molecular flexibility index (Phi) is 15.4. The molecule has 0 radical (unpaired) electrons. The molecule has 1 aromatic heterocycles. The molecule has 1 fully saturated rings. The molecule has 4 heterocycles. The van der Waals surface area contributed by atoms with Gasteiger partial charge in [0, 0.05) is 48.5 Å². The Bertz CT molecular complexity index is 2600. The van der Waals surface area contributed by atoms with E-state index in [1.54, 1.807) is 19.1 Å². The Balaban J connectivity index is 1.24. The lowest BCUT2D eigenvalue weighted by Gasteiger charge is -2.48. The lowest BCUT2D eigenvalue weighted by molar-refractivity contribution is -0.199. The molecule has 1 saturated carbocycles. The van der Waals surface area contributed by atoms with E-state index in [4.69, 9.17) is 23.4 Å². The lowest BCUT2D eigenvalue weighted by Crippen LogP contribution is -2.58. The zero-order valence-electron chi connectivity index (χ0n) is 39.0. The average Bonchev–Trinajstić information content (AvgIpc) is 3.88. The van der Waals surface area contributed by atoms with Crippen molar-refractivity contribution >= 4 is 22.9 Å². The number of carbonyl (C=O) groups excluding carboxylic acids is 2. The molecule has 354 valence electrons. The summed E-state index contributed by atoms with van der Waals surface area (Å²) in [4.78, 5) is 43.9. The molecule has 11 nitrogen and oxygen atoms in total. The van der Waals surface area contributed by atoms with Gasteiger partial charge >= 0.3 is 17.6 Å². The smallest absolute Gasteiger partial charge is 0.340 e. The quantitative estimate of drug-likeness (QED) is 0.0588. The van der Waals surface area contributed by atoms with Gasteiger partial charge in [-0.25, -0.2) is 9.59 Å². The summed E-state index contributed by atoms with van der Waals surface area (Å²) in [5, 5.41) is 31.7. The molecule has 4 aromatic carbocycles. The average molecular weight is 913 g/mol. The van der Waals surface area contributed by atoms with E-state index in [1.807, 2.05) is 25.1 Å². The van der Waals surface area contributed by atoms with Crippen molar-refractivity contribution in [1.82, 2.24) is 0 Å². The number of ether oxygens (including phenoxy) is 4. The van der Waals surface area contributed by atoms with E-state index in [9.17, 15) is 29.7 Å². The Hall–Kier alpha value is -5.59. The van der Waals surface area contributed by atoms with Crippen LogP contribution in [0.4, 0.5) is 0 Å². The first kappa shape index (κ1) is 47.9. The zero-order valence-corrected chi connectivity index (χ0v) is 39.0. The van der Waals surface area contributed by atoms with E-state index < -0.39 is 47.9 Å². The van der Waals surface area contributed by atoms with E-state index in [0.29, 0.717) is 53.5 Å². The molecular weight excluding hydrogens is 849 g/mol. The molecule has 3 N–H and O–H groups in total. The fourth-order valence-corrected chi connectivity index (χ4v) is 10.8. The van der Waals surface area contributed by atoms with Gasteiger partial charge in [-0.3, -0.25) is 4.79 Å². The number of fused-ring (bicyclic) bond motifs is 13. The number of methoxy groups -OCH3 is 1. The van der Waals surface area contributed by atoms with Crippen LogP contribution >= 0.6 is 0 Å². The van der Waals surface area contributed by atoms with Gasteiger partial charge in [-0.15, -0.1) is 0 Å². The maximum Gasteiger partial charge on any atom is 0.340 e. The van der Waals surface area contributed by atoms with Crippen molar-refractivity contribution in [2.75, 3.05) is 26.9 Å². The molecule has 5 unspecified atom stereocenters. The van der Waals surface area contributed by atoms with E-state index in [1.165, 1.54) is 23.8 Å². The van der Waals surface area contributed by atoms with Gasteiger partial charge in [-0.2, -0.15) is 0 Å². The number of aliphatic hydroxyl groups is 3. The highest BCUT2D eigenvalue weighted by molar-refractivity contribution is 5.90. The fraction of sp³-hybridized carbons (Fsp3) is 0.446. The molecule has 4 aliphatic rings. The molecule has 5 aromatic rings. The van der Waals surface area contributed by atoms with Crippen molar-refractivity contribution in [3.63, 3.8) is 0 Å². The fourth-order valence-electron chi connectivity index (χ4n) is 10.8. The summed E-state index contributed by atoms with van der Waals surface area (Å²) < 4.78 is 32.1. The summed E-state index contributed by atoms with van der Waals surface area (Å²) in [6.07, 6.45) is 4.88. The third kappa shape index (κ3) is 10.6. The Morgan fingerprint density at radius 3 is 2.28 bits per heavy atom. The zero-order chi connectivity index (χ0) is 47.1. The molecule has 3 aliphatic heterocycles. The molecule has 67 heavy (non-hydrogen) atoms. The van der Waals surface area contributed by atoms with E-state index in [0.717, 1.165) is 49.7 Å². The number of hydrogen-bond donors (Lipinski definition) is 3. The van der Waals surface area contributed by atoms with Gasteiger partial charge in [0.2, 0.25) is 0 Å². The summed E-state index contributed by atoms with van der Waals surface area (Å²) in [6.45, 7) is 2.61. The SMILES string of the molecule is COCC(CCO)c1c(CO)c2ccc3c(c2oc1=O)C1OC(=O)CC(CCc2cccc(Cc4ccccc4)c2)Cc2ccc(cc2)CCC(=C(C)CO)C(=O)OC1C(C)(C1CCCC1)O3. The second-order valence-electron chi connectivity index (χ2n) is 19.0. The van der Waals surface area contributed by atoms with Crippen LogP contribution < -0.4 is 10.4 Å². The van der Waals surface area contributed by atoms with Crippen molar-refractivity contribution in [3.8, 4) is 5.75 Å². The van der Waals surface area contributed by atoms with Crippen molar-refractivity contribution in [2.45, 2.75) is 121 Å². The largest absolute Gasteiger partial charge is 0.483 e. The van der Waals surface area contributed by atoms with Crippen LogP contribution in [0.2, 0.25) is 0 Å². The van der Waals surface area contributed by atoms with E-state index in [-0.39, 0.29) is 61.2 Å². The van der Waals surface area contributed by atoms with Crippen LogP contribution in [0.1, 0.15) is 122 Å². The number of carbonyl (C=O) groups is 2. The van der Waals surface area contributed by atoms with Crippen molar-refractivity contribution < 1.29 is 48.3 Å². The maximum absolute atomic E-state index is 14.9. The summed E-state index contributed by atoms with van der Waals surface area (Å²) in [5.41, 5.74) is 5.35. The van der Waals surface area contributed by atoms with Gasteiger partial charge in [0.15, 0.2) is 12.2 Å². The second kappa shape index (κ2) is 21.6. The van der Waals surface area contributed by atoms with Crippen LogP contribution in [-0.4, -0.2) is 65.9 Å². The Morgan fingerprint density at radius 1 is 0.836 bits per heavy atom. The van der Waals surface area contributed by atoms with Crippen molar-refractivity contribution in [2.24, 2.45) is 11.8 Å². The summed E-state index contributed by atoms with van der Waals surface area (Å²) in [6, 6.07) is 30.7. The number of aliphatic hydroxyl groups excluding tert-OH is 3. The van der Waals surface area contributed by atoms with Gasteiger partial charge < -0.3 is 38.7 Å². The topological polar surface area (TPSA) is 162 Å². The van der Waals surface area contributed by atoms with Crippen LogP contribution in [0.25, 0.3) is 11.0 Å². The normalized spacial score (nSPS) is 22.7. The van der Waals surface area contributed by atoms with Crippen molar-refractivity contribution in [1.29, 1.82) is 0 Å². The standard InChI is InChI=1S/C56H64O11/c1-35(32-58)44-23-22-36-16-18-39(19-17-36)30-41(21-20-38-12-9-13-40(29-38)28-37-10-5-4-6-11-37)31-48(60)64-52-50-47(67-56(2,43-14-7-8-15-43)53(52)66-54(44)61)25-24-45-46(33-59)49(55(62)65-51(45)50)42(26-27-57)34-63-3/h4-6,9-13,16-19,24-25,29,41-43,52-53,57-59H,7-8,14-15,20-23,26-28,30-34H2,1-3H3. The van der Waals surface area contributed by atoms with E-state index in [2.05, 4.69) is 60.7 Å². The number of esters is 2. The monoisotopic (exact) mass is 912 g/mol. The van der Waals surface area contributed by atoms with Crippen LogP contribution in [0.3, 0.4) is 0 Å². The summed E-state index contributed by atoms with van der Waals surface area (Å²) in [7, 11) is 1.50. The van der Waals surface area contributed by atoms with E-state index >= 15 is 0 Å². The predicted molar refractivity (Wildman–Crippen MR) is 255 cm³/mol. The second-order valence-corrected chi connectivity index (χ2v) is 19.0. The summed E-state index contributed by atoms with van der Waals surface area (Å²) >= 11 is 0. The third-order valence-corrected chi connectivity index (χ3v) is 14.5. The molecule has 0 saturated heterocycles. The minimum absolute atomic E-state index is 0.0472. The molecule has 11 heteroatoms. The first-order chi connectivity index (χ1) is 32.5. The third-order valence-electron chi connectivity index (χ3n) is 14.5. The lowest BCUT2D eigenvalue weighted by atomic mass is 9.76. The number of hydrogen-bond acceptors (Lipinski definition) is 11. The van der Waals surface area contributed by atoms with Crippen LogP contribution in [0.5, 0.6) is 5.75 Å². The van der Waals surface area contributed by atoms with Gasteiger partial charge in [-0.1, -0.05) is 91.7 Å². The maximum atomic E-state index is 14.9. The van der Waals surface area contributed by atoms with Crippen LogP contribution in [-0.2, 0) is 56.1 Å². The molecule has 1 aliphatic carbocycles. The molecule has 9 rings (SSSR count). The molecular formula is C56H64O11. The number of benzene rings is 4. The van der Waals surface area contributed by atoms with Gasteiger partial charge in [0.25, 0.3) is 0 Å². The minimum atomic E-state index is -1.29. The highest BCUT2D eigenvalue weighted by Crippen LogP contribution is 2.52. The van der Waals surface area contributed by atoms with Crippen LogP contribution in [0, 0.1) is 11.8 Å². The van der Waals surface area contributed by atoms with Gasteiger partial charge in [0.1, 0.15) is 16.9 Å². The number of rotatable bonds is 13. The summed E-state index contributed by atoms with van der Waals surface area (Å²) in [5.74, 6) is -1.65. The Labute approximate surface area is 392 Å². The first-order valence-corrected chi connectivity index (χ1v) is 23.9. The Morgan fingerprint density at radius 2 is 1.57 bits per heavy atom. The van der Waals surface area contributed by atoms with Crippen molar-refractivity contribution in [3.05, 3.63) is 157 Å². The highest BCUT2D eigenvalue weighted by Gasteiger charge is 2.57. The van der Waals surface area contributed by atoms with Gasteiger partial charge in [0.05, 0.1) is 25.4 Å². The molecule has 5 atom stereocenters.